The second-order valence-electron chi connectivity index (χ2n) is 20.1. The molecule has 90 heavy (non-hydrogen) atoms. The molecule has 0 aromatic heterocycles. The zero-order chi connectivity index (χ0) is 61.6. The summed E-state index contributed by atoms with van der Waals surface area (Å²) >= 11 is 0. The van der Waals surface area contributed by atoms with Crippen LogP contribution in [0.25, 0.3) is 0 Å². The van der Waals surface area contributed by atoms with Gasteiger partial charge in [0.1, 0.15) is 0 Å². The van der Waals surface area contributed by atoms with Crippen molar-refractivity contribution >= 4 is 35.8 Å². The number of hydrogen-bond donors (Lipinski definition) is 0. The van der Waals surface area contributed by atoms with E-state index in [0.717, 1.165) is 77.0 Å². The molecule has 6 aliphatic carbocycles. The summed E-state index contributed by atoms with van der Waals surface area (Å²) < 4.78 is 0. The maximum atomic E-state index is 10.2. The van der Waals surface area contributed by atoms with Gasteiger partial charge in [0.15, 0.2) is 0 Å². The fourth-order valence-corrected chi connectivity index (χ4v) is 6.05. The van der Waals surface area contributed by atoms with Crippen molar-refractivity contribution in [1.82, 2.24) is 0 Å². The standard InChI is InChI=1S/6C7H10O2.6C3H7O.6O.6Ti/c6*8-7(9)6-4-2-1-3-5-6;6*1-3(2)4;;;;;;;;;;;;/h6*1-2,6H,3-5H2,(H,8,9);6*3H,1-2H3;;;;;;;;;;;;/q;;;;;;6*-1;6*-2;6*+4/p-6/t6*6-;;;;;;;;;;;;;;;;;;/m111000................../s1. The molecule has 0 amide bonds. The Hall–Kier alpha value is -0.934. The normalized spacial score (nSPS) is 18.0. The van der Waals surface area contributed by atoms with E-state index in [1.165, 1.54) is 0 Å². The molecule has 0 aromatic carbocycles. The van der Waals surface area contributed by atoms with Gasteiger partial charge >= 0.3 is 130 Å². The molecule has 0 radical (unpaired) electrons. The monoisotopic (exact) mass is 1490 g/mol. The molecule has 0 aliphatic heterocycles. The molecule has 0 bridgehead atoms. The second kappa shape index (κ2) is 96.8. The van der Waals surface area contributed by atoms with E-state index < -0.39 is 72.4 Å². The summed E-state index contributed by atoms with van der Waals surface area (Å²) in [5.41, 5.74) is 0. The van der Waals surface area contributed by atoms with Crippen LogP contribution in [0.2, 0.25) is 0 Å². The average Bonchev–Trinajstić information content (AvgIpc) is 3.35. The van der Waals surface area contributed by atoms with Crippen molar-refractivity contribution in [2.45, 2.75) is 235 Å². The van der Waals surface area contributed by atoms with Crippen molar-refractivity contribution in [3.63, 3.8) is 0 Å². The minimum Gasteiger partial charge on any atom is -2.00 e. The van der Waals surface area contributed by atoms with Gasteiger partial charge in [-0.15, -0.1) is 36.6 Å². The van der Waals surface area contributed by atoms with Crippen LogP contribution in [0.5, 0.6) is 0 Å². The summed E-state index contributed by atoms with van der Waals surface area (Å²) in [6.45, 7) is 19.3. The average molecular weight is 1490 g/mol. The first-order valence-electron chi connectivity index (χ1n) is 27.3. The zero-order valence-electron chi connectivity index (χ0n) is 54.4. The van der Waals surface area contributed by atoms with E-state index in [0.29, 0.717) is 38.5 Å². The van der Waals surface area contributed by atoms with Crippen LogP contribution in [0.4, 0.5) is 0 Å². The number of hydrogen-bond acceptors (Lipinski definition) is 18. The Labute approximate surface area is 627 Å². The number of aliphatic carboxylic acids is 6. The molecule has 6 rings (SSSR count). The van der Waals surface area contributed by atoms with Crippen LogP contribution in [0.3, 0.4) is 0 Å². The predicted octanol–water partition coefficient (Wildman–Crippen LogP) is -1.64. The van der Waals surface area contributed by atoms with Crippen LogP contribution in [-0.2, 0) is 192 Å². The first-order valence-corrected chi connectivity index (χ1v) is 27.3. The van der Waals surface area contributed by atoms with Gasteiger partial charge in [0, 0.05) is 71.3 Å². The van der Waals surface area contributed by atoms with Crippen molar-refractivity contribution in [1.29, 1.82) is 0 Å². The molecule has 24 nitrogen and oxygen atoms in total. The molecule has 0 unspecified atom stereocenters. The number of rotatable bonds is 6. The Kier molecular flexibility index (Phi) is 147. The third-order valence-electron chi connectivity index (χ3n) is 9.61. The fourth-order valence-electron chi connectivity index (χ4n) is 6.05. The van der Waals surface area contributed by atoms with Gasteiger partial charge in [0.05, 0.1) is 0 Å². The second-order valence-corrected chi connectivity index (χ2v) is 20.1. The number of carbonyl (C=O) groups excluding carboxylic acids is 6. The Balaban J connectivity index is -0.0000000394. The van der Waals surface area contributed by atoms with Crippen molar-refractivity contribution < 1.29 is 253 Å². The molecule has 6 atom stereocenters. The van der Waals surface area contributed by atoms with Crippen molar-refractivity contribution in [3.8, 4) is 0 Å². The SMILES string of the molecule is CC(C)[O-].CC(C)[O-].CC(C)[O-].CC(C)[O-].CC(C)[O-].CC(C)[O-].O=C([O-])[C@@H]1CC=CCC1.O=C([O-])[C@@H]1CC=CCC1.O=C([O-])[C@@H]1CC=CCC1.O=C([O-])[C@H]1CC=CCC1.O=C([O-])[C@H]1CC=CCC1.O=C([O-])[C@H]1CC=CCC1.[O-2].[O-2].[O-2].[O-2].[O-2].[O-2].[Ti+4].[Ti+4].[Ti+4].[Ti+4].[Ti+4].[Ti+4]. The molecule has 0 aromatic rings. The summed E-state index contributed by atoms with van der Waals surface area (Å²) in [5, 5.41) is 118. The topological polar surface area (TPSA) is 550 Å². The minimum atomic E-state index is -0.903. The number of allylic oxidation sites excluding steroid dienone is 12. The van der Waals surface area contributed by atoms with E-state index in [1.807, 2.05) is 72.9 Å². The molecule has 504 valence electrons. The molecular weight excluding hydrogens is 1390 g/mol. The van der Waals surface area contributed by atoms with E-state index in [4.69, 9.17) is 0 Å². The Bertz CT molecular complexity index is 1380. The molecule has 0 fully saturated rings. The first-order chi connectivity index (χ1) is 36.2. The van der Waals surface area contributed by atoms with E-state index >= 15 is 0 Å². The third kappa shape index (κ3) is 128. The molecule has 0 N–H and O–H groups in total. The van der Waals surface area contributed by atoms with Gasteiger partial charge in [-0.2, -0.15) is 0 Å². The number of carboxylic acid groups (broad SMARTS) is 6. The maximum absolute atomic E-state index is 10.2. The zero-order valence-corrected chi connectivity index (χ0v) is 63.8. The van der Waals surface area contributed by atoms with Gasteiger partial charge in [-0.3, -0.25) is 0 Å². The Morgan fingerprint density at radius 3 is 0.344 bits per heavy atom. The van der Waals surface area contributed by atoms with E-state index in [9.17, 15) is 90.0 Å². The minimum absolute atomic E-state index is 0. The first kappa shape index (κ1) is 137. The van der Waals surface area contributed by atoms with Crippen molar-refractivity contribution in [3.05, 3.63) is 72.9 Å². The quantitative estimate of drug-likeness (QED) is 0.213. The van der Waals surface area contributed by atoms with Crippen LogP contribution in [0.1, 0.15) is 199 Å². The number of carbonyl (C=O) groups is 6. The molecule has 0 saturated carbocycles. The van der Waals surface area contributed by atoms with E-state index in [-0.39, 0.29) is 199 Å². The predicted molar refractivity (Wildman–Crippen MR) is 284 cm³/mol. The van der Waals surface area contributed by atoms with Gasteiger partial charge in [-0.25, -0.2) is 0 Å². The summed E-state index contributed by atoms with van der Waals surface area (Å²) in [6, 6.07) is 0. The van der Waals surface area contributed by atoms with Crippen molar-refractivity contribution in [2.75, 3.05) is 0 Å². The summed E-state index contributed by atoms with van der Waals surface area (Å²) in [7, 11) is 0. The summed E-state index contributed by atoms with van der Waals surface area (Å²) in [6.07, 6.45) is 34.8. The Morgan fingerprint density at radius 1 is 0.233 bits per heavy atom. The fraction of sp³-hybridized carbons (Fsp3) is 0.700. The molecule has 0 heterocycles. The van der Waals surface area contributed by atoms with Gasteiger partial charge < -0.3 is 123 Å². The molecular formula is C60H96O24Ti6. The maximum Gasteiger partial charge on any atom is 4.00 e. The molecule has 30 heteroatoms. The molecule has 0 spiro atoms. The largest absolute Gasteiger partial charge is 4.00 e. The van der Waals surface area contributed by atoms with Crippen LogP contribution in [0.15, 0.2) is 72.9 Å². The van der Waals surface area contributed by atoms with Crippen LogP contribution >= 0.6 is 0 Å². The smallest absolute Gasteiger partial charge is 2.00 e. The van der Waals surface area contributed by atoms with Crippen LogP contribution in [-0.4, -0.2) is 72.4 Å². The van der Waals surface area contributed by atoms with Gasteiger partial charge in [0.25, 0.3) is 0 Å². The third-order valence-corrected chi connectivity index (χ3v) is 9.61. The van der Waals surface area contributed by atoms with Gasteiger partial charge in [-0.05, 0) is 116 Å². The van der Waals surface area contributed by atoms with Crippen LogP contribution < -0.4 is 61.3 Å². The molecule has 6 aliphatic rings. The Morgan fingerprint density at radius 2 is 0.311 bits per heavy atom. The number of carboxylic acids is 6. The van der Waals surface area contributed by atoms with E-state index in [1.54, 1.807) is 83.1 Å². The van der Waals surface area contributed by atoms with Gasteiger partial charge in [0.2, 0.25) is 0 Å². The summed E-state index contributed by atoms with van der Waals surface area (Å²) in [5.74, 6) is -6.78. The van der Waals surface area contributed by atoms with E-state index in [2.05, 4.69) is 0 Å². The van der Waals surface area contributed by atoms with Crippen LogP contribution in [0, 0.1) is 35.5 Å². The summed E-state index contributed by atoms with van der Waals surface area (Å²) in [4.78, 5) is 61.3. The molecule has 0 saturated heterocycles. The van der Waals surface area contributed by atoms with Gasteiger partial charge in [-0.1, -0.05) is 156 Å². The van der Waals surface area contributed by atoms with Crippen molar-refractivity contribution in [2.24, 2.45) is 35.5 Å².